The molecular weight excluding hydrogens is 366 g/mol. The summed E-state index contributed by atoms with van der Waals surface area (Å²) in [6.07, 6.45) is 2.87. The minimum absolute atomic E-state index is 0.111. The van der Waals surface area contributed by atoms with E-state index in [4.69, 9.17) is 4.74 Å². The first-order valence-electron chi connectivity index (χ1n) is 7.25. The van der Waals surface area contributed by atoms with E-state index < -0.39 is 20.0 Å². The van der Waals surface area contributed by atoms with Gasteiger partial charge in [0.1, 0.15) is 0 Å². The lowest BCUT2D eigenvalue weighted by Gasteiger charge is -2.17. The van der Waals surface area contributed by atoms with Gasteiger partial charge >= 0.3 is 0 Å². The molecule has 8 nitrogen and oxygen atoms in total. The van der Waals surface area contributed by atoms with Crippen molar-refractivity contribution >= 4 is 25.7 Å². The van der Waals surface area contributed by atoms with Crippen molar-refractivity contribution < 1.29 is 21.6 Å². The highest BCUT2D eigenvalue weighted by atomic mass is 32.2. The van der Waals surface area contributed by atoms with Crippen molar-refractivity contribution in [1.29, 1.82) is 0 Å². The number of aromatic nitrogens is 1. The van der Waals surface area contributed by atoms with Gasteiger partial charge in [-0.1, -0.05) is 6.07 Å². The normalized spacial score (nSPS) is 12.3. The molecule has 1 N–H and O–H groups in total. The molecule has 0 unspecified atom stereocenters. The van der Waals surface area contributed by atoms with Crippen LogP contribution < -0.4 is 4.72 Å². The van der Waals surface area contributed by atoms with Crippen LogP contribution in [-0.4, -0.2) is 53.4 Å². The third-order valence-corrected chi connectivity index (χ3v) is 6.58. The van der Waals surface area contributed by atoms with E-state index in [1.54, 1.807) is 12.1 Å². The number of rotatable bonds is 8. The molecule has 0 spiro atoms. The number of hydrogen-bond acceptors (Lipinski definition) is 6. The smallest absolute Gasteiger partial charge is 0.261 e. The zero-order valence-electron chi connectivity index (χ0n) is 13.8. The van der Waals surface area contributed by atoms with Crippen LogP contribution in [0.3, 0.4) is 0 Å². The summed E-state index contributed by atoms with van der Waals surface area (Å²) in [5.41, 5.74) is 0.285. The first-order chi connectivity index (χ1) is 11.8. The second-order valence-corrected chi connectivity index (χ2v) is 8.87. The average molecular weight is 385 g/mol. The summed E-state index contributed by atoms with van der Waals surface area (Å²) >= 11 is 0. The molecule has 10 heteroatoms. The zero-order chi connectivity index (χ0) is 18.5. The molecule has 1 aromatic carbocycles. The summed E-state index contributed by atoms with van der Waals surface area (Å²) in [6, 6.07) is 8.31. The molecule has 136 valence electrons. The van der Waals surface area contributed by atoms with Gasteiger partial charge in [0.15, 0.2) is 0 Å². The number of hydrogen-bond donors (Lipinski definition) is 1. The molecule has 25 heavy (non-hydrogen) atoms. The van der Waals surface area contributed by atoms with Gasteiger partial charge in [-0.3, -0.25) is 9.71 Å². The Morgan fingerprint density at radius 2 is 1.84 bits per heavy atom. The number of sulfonamides is 2. The van der Waals surface area contributed by atoms with Crippen LogP contribution in [0, 0.1) is 0 Å². The minimum atomic E-state index is -3.94. The van der Waals surface area contributed by atoms with Gasteiger partial charge in [-0.15, -0.1) is 0 Å². The van der Waals surface area contributed by atoms with Crippen LogP contribution in [0.2, 0.25) is 0 Å². The fourth-order valence-electron chi connectivity index (χ4n) is 1.96. The van der Waals surface area contributed by atoms with Crippen LogP contribution in [0.15, 0.2) is 58.6 Å². The third kappa shape index (κ3) is 4.75. The molecule has 2 rings (SSSR count). The van der Waals surface area contributed by atoms with E-state index in [2.05, 4.69) is 9.71 Å². The third-order valence-electron chi connectivity index (χ3n) is 3.35. The SMILES string of the molecule is COCCN(C)S(=O)(=O)c1cccc(S(=O)(=O)Nc2cccnc2)c1. The molecule has 2 aromatic rings. The average Bonchev–Trinajstić information content (AvgIpc) is 2.60. The van der Waals surface area contributed by atoms with Gasteiger partial charge in [0.2, 0.25) is 10.0 Å². The van der Waals surface area contributed by atoms with Gasteiger partial charge in [0.25, 0.3) is 10.0 Å². The molecule has 0 saturated carbocycles. The maximum Gasteiger partial charge on any atom is 0.261 e. The van der Waals surface area contributed by atoms with Crippen LogP contribution in [-0.2, 0) is 24.8 Å². The van der Waals surface area contributed by atoms with Gasteiger partial charge in [-0.05, 0) is 30.3 Å². The standard InChI is InChI=1S/C15H19N3O5S2/c1-18(9-10-23-2)25(21,22)15-7-3-6-14(11-15)24(19,20)17-13-5-4-8-16-12-13/h3-8,11-12,17H,9-10H2,1-2H3. The van der Waals surface area contributed by atoms with Gasteiger partial charge in [0.05, 0.1) is 28.3 Å². The molecule has 0 saturated heterocycles. The monoisotopic (exact) mass is 385 g/mol. The maximum absolute atomic E-state index is 12.5. The van der Waals surface area contributed by atoms with Crippen molar-refractivity contribution in [3.63, 3.8) is 0 Å². The molecule has 0 aliphatic carbocycles. The Labute approximate surface area is 147 Å². The van der Waals surface area contributed by atoms with Crippen LogP contribution >= 0.6 is 0 Å². The largest absolute Gasteiger partial charge is 0.383 e. The minimum Gasteiger partial charge on any atom is -0.383 e. The summed E-state index contributed by atoms with van der Waals surface area (Å²) in [6.45, 7) is 0.389. The lowest BCUT2D eigenvalue weighted by atomic mass is 10.4. The molecule has 1 aromatic heterocycles. The molecule has 0 amide bonds. The Hall–Kier alpha value is -2.01. The van der Waals surface area contributed by atoms with Gasteiger partial charge in [-0.25, -0.2) is 16.8 Å². The number of pyridine rings is 1. The molecule has 0 fully saturated rings. The zero-order valence-corrected chi connectivity index (χ0v) is 15.4. The molecule has 0 bridgehead atoms. The fraction of sp³-hybridized carbons (Fsp3) is 0.267. The van der Waals surface area contributed by atoms with Gasteiger partial charge < -0.3 is 4.74 Å². The quantitative estimate of drug-likeness (QED) is 0.731. The lowest BCUT2D eigenvalue weighted by molar-refractivity contribution is 0.185. The van der Waals surface area contributed by atoms with Crippen LogP contribution in [0.4, 0.5) is 5.69 Å². The number of anilines is 1. The van der Waals surface area contributed by atoms with Crippen molar-refractivity contribution in [1.82, 2.24) is 9.29 Å². The first-order valence-corrected chi connectivity index (χ1v) is 10.2. The Morgan fingerprint density at radius 1 is 1.12 bits per heavy atom. The molecule has 0 aliphatic heterocycles. The summed E-state index contributed by atoms with van der Waals surface area (Å²) in [7, 11) is -4.88. The first kappa shape index (κ1) is 19.3. The molecule has 0 aliphatic rings. The van der Waals surface area contributed by atoms with E-state index in [-0.39, 0.29) is 28.6 Å². The highest BCUT2D eigenvalue weighted by Crippen LogP contribution is 2.20. The topological polar surface area (TPSA) is 106 Å². The number of benzene rings is 1. The van der Waals surface area contributed by atoms with Crippen LogP contribution in [0.25, 0.3) is 0 Å². The fourth-order valence-corrected chi connectivity index (χ4v) is 4.32. The molecular formula is C15H19N3O5S2. The molecule has 1 heterocycles. The van der Waals surface area contributed by atoms with Crippen molar-refractivity contribution in [3.8, 4) is 0 Å². The number of nitrogens with one attached hydrogen (secondary N) is 1. The van der Waals surface area contributed by atoms with E-state index in [0.717, 1.165) is 10.4 Å². The van der Waals surface area contributed by atoms with Crippen molar-refractivity contribution in [2.24, 2.45) is 0 Å². The van der Waals surface area contributed by atoms with Gasteiger partial charge in [0, 0.05) is 26.9 Å². The van der Waals surface area contributed by atoms with Crippen molar-refractivity contribution in [3.05, 3.63) is 48.8 Å². The van der Waals surface area contributed by atoms with Gasteiger partial charge in [-0.2, -0.15) is 4.31 Å². The highest BCUT2D eigenvalue weighted by Gasteiger charge is 2.23. The van der Waals surface area contributed by atoms with E-state index in [1.807, 2.05) is 0 Å². The van der Waals surface area contributed by atoms with E-state index in [9.17, 15) is 16.8 Å². The summed E-state index contributed by atoms with van der Waals surface area (Å²) in [5, 5.41) is 0. The second-order valence-electron chi connectivity index (χ2n) is 5.14. The predicted octanol–water partition coefficient (Wildman–Crippen LogP) is 1.15. The number of methoxy groups -OCH3 is 1. The number of ether oxygens (including phenoxy) is 1. The summed E-state index contributed by atoms with van der Waals surface area (Å²) in [5.74, 6) is 0. The van der Waals surface area contributed by atoms with E-state index in [1.165, 1.54) is 44.8 Å². The van der Waals surface area contributed by atoms with E-state index >= 15 is 0 Å². The molecule has 0 atom stereocenters. The molecule has 0 radical (unpaired) electrons. The van der Waals surface area contributed by atoms with Crippen LogP contribution in [0.1, 0.15) is 0 Å². The second kappa shape index (κ2) is 7.91. The number of nitrogens with zero attached hydrogens (tertiary/aromatic N) is 2. The highest BCUT2D eigenvalue weighted by molar-refractivity contribution is 7.93. The number of likely N-dealkylation sites (N-methyl/N-ethyl adjacent to an activating group) is 1. The predicted molar refractivity (Wildman–Crippen MR) is 93.2 cm³/mol. The Balaban J connectivity index is 2.32. The van der Waals surface area contributed by atoms with Crippen molar-refractivity contribution in [2.75, 3.05) is 32.0 Å². The maximum atomic E-state index is 12.5. The Bertz CT molecular complexity index is 915. The lowest BCUT2D eigenvalue weighted by Crippen LogP contribution is -2.30. The summed E-state index contributed by atoms with van der Waals surface area (Å²) < 4.78 is 58.3. The Morgan fingerprint density at radius 3 is 2.48 bits per heavy atom. The van der Waals surface area contributed by atoms with E-state index in [0.29, 0.717) is 0 Å². The Kier molecular flexibility index (Phi) is 6.11. The van der Waals surface area contributed by atoms with Crippen molar-refractivity contribution in [2.45, 2.75) is 9.79 Å². The van der Waals surface area contributed by atoms with Crippen LogP contribution in [0.5, 0.6) is 0 Å². The summed E-state index contributed by atoms with van der Waals surface area (Å²) in [4.78, 5) is 3.56.